The number of nitrogens with zero attached hydrogens (tertiary/aromatic N) is 2. The van der Waals surface area contributed by atoms with Crippen LogP contribution in [0.2, 0.25) is 0 Å². The molecule has 0 saturated carbocycles. The molecule has 3 rings (SSSR count). The first-order valence-corrected chi connectivity index (χ1v) is 5.03. The van der Waals surface area contributed by atoms with E-state index in [9.17, 15) is 0 Å². The lowest BCUT2D eigenvalue weighted by Gasteiger charge is -2.03. The van der Waals surface area contributed by atoms with Gasteiger partial charge >= 0.3 is 0 Å². The first kappa shape index (κ1) is 7.80. The fourth-order valence-electron chi connectivity index (χ4n) is 2.22. The molecular formula is C12H12N2. The number of hydrogen-bond donors (Lipinski definition) is 0. The number of benzene rings is 1. The van der Waals surface area contributed by atoms with Crippen LogP contribution in [0.5, 0.6) is 0 Å². The van der Waals surface area contributed by atoms with Gasteiger partial charge in [0.1, 0.15) is 0 Å². The Morgan fingerprint density at radius 3 is 3.00 bits per heavy atom. The SMILES string of the molecule is CCn1ncc2c1-c1ccccc1C2. The zero-order chi connectivity index (χ0) is 9.54. The van der Waals surface area contributed by atoms with Crippen molar-refractivity contribution in [3.63, 3.8) is 0 Å². The van der Waals surface area contributed by atoms with Crippen LogP contribution in [0.3, 0.4) is 0 Å². The van der Waals surface area contributed by atoms with E-state index in [1.54, 1.807) is 0 Å². The molecule has 2 heteroatoms. The molecule has 0 amide bonds. The van der Waals surface area contributed by atoms with E-state index < -0.39 is 0 Å². The van der Waals surface area contributed by atoms with Crippen LogP contribution < -0.4 is 0 Å². The minimum absolute atomic E-state index is 0.948. The summed E-state index contributed by atoms with van der Waals surface area (Å²) >= 11 is 0. The molecule has 2 aromatic rings. The van der Waals surface area contributed by atoms with Gasteiger partial charge in [-0.25, -0.2) is 0 Å². The van der Waals surface area contributed by atoms with E-state index in [1.165, 1.54) is 22.4 Å². The van der Waals surface area contributed by atoms with Crippen LogP contribution in [0.25, 0.3) is 11.3 Å². The van der Waals surface area contributed by atoms with Gasteiger partial charge in [-0.2, -0.15) is 5.10 Å². The monoisotopic (exact) mass is 184 g/mol. The van der Waals surface area contributed by atoms with Crippen LogP contribution in [0.1, 0.15) is 18.1 Å². The van der Waals surface area contributed by atoms with Crippen LogP contribution in [0, 0.1) is 0 Å². The third-order valence-electron chi connectivity index (χ3n) is 2.87. The zero-order valence-corrected chi connectivity index (χ0v) is 8.20. The topological polar surface area (TPSA) is 17.8 Å². The van der Waals surface area contributed by atoms with E-state index in [-0.39, 0.29) is 0 Å². The molecule has 2 nitrogen and oxygen atoms in total. The van der Waals surface area contributed by atoms with Gasteiger partial charge in [-0.1, -0.05) is 24.3 Å². The second kappa shape index (κ2) is 2.71. The Morgan fingerprint density at radius 1 is 1.29 bits per heavy atom. The summed E-state index contributed by atoms with van der Waals surface area (Å²) < 4.78 is 2.08. The molecule has 0 aliphatic heterocycles. The second-order valence-electron chi connectivity index (χ2n) is 3.67. The molecule has 0 atom stereocenters. The highest BCUT2D eigenvalue weighted by atomic mass is 15.3. The Balaban J connectivity index is 2.28. The highest BCUT2D eigenvalue weighted by Crippen LogP contribution is 2.35. The summed E-state index contributed by atoms with van der Waals surface area (Å²) in [6, 6.07) is 8.60. The molecule has 0 N–H and O–H groups in total. The summed E-state index contributed by atoms with van der Waals surface area (Å²) in [5, 5.41) is 4.37. The zero-order valence-electron chi connectivity index (χ0n) is 8.20. The molecule has 1 heterocycles. The normalized spacial score (nSPS) is 12.6. The van der Waals surface area contributed by atoms with Crippen molar-refractivity contribution < 1.29 is 0 Å². The number of rotatable bonds is 1. The first-order chi connectivity index (χ1) is 6.90. The van der Waals surface area contributed by atoms with Crippen LogP contribution in [0.15, 0.2) is 30.5 Å². The van der Waals surface area contributed by atoms with E-state index in [0.717, 1.165) is 13.0 Å². The Hall–Kier alpha value is -1.57. The van der Waals surface area contributed by atoms with Gasteiger partial charge in [-0.15, -0.1) is 0 Å². The van der Waals surface area contributed by atoms with Crippen LogP contribution in [0.4, 0.5) is 0 Å². The lowest BCUT2D eigenvalue weighted by molar-refractivity contribution is 0.667. The van der Waals surface area contributed by atoms with Gasteiger partial charge in [-0.05, 0) is 12.5 Å². The summed E-state index contributed by atoms with van der Waals surface area (Å²) in [5.74, 6) is 0. The lowest BCUT2D eigenvalue weighted by Crippen LogP contribution is -1.98. The van der Waals surface area contributed by atoms with E-state index in [2.05, 4.69) is 41.0 Å². The molecule has 1 aliphatic rings. The van der Waals surface area contributed by atoms with Crippen LogP contribution >= 0.6 is 0 Å². The highest BCUT2D eigenvalue weighted by Gasteiger charge is 2.21. The Morgan fingerprint density at radius 2 is 2.14 bits per heavy atom. The van der Waals surface area contributed by atoms with E-state index in [4.69, 9.17) is 0 Å². The maximum absolute atomic E-state index is 4.37. The fourth-order valence-corrected chi connectivity index (χ4v) is 2.22. The highest BCUT2D eigenvalue weighted by molar-refractivity contribution is 5.73. The van der Waals surface area contributed by atoms with Gasteiger partial charge in [0.2, 0.25) is 0 Å². The summed E-state index contributed by atoms with van der Waals surface area (Å²) in [7, 11) is 0. The molecule has 0 unspecified atom stereocenters. The Kier molecular flexibility index (Phi) is 1.51. The van der Waals surface area contributed by atoms with Crippen molar-refractivity contribution in [1.82, 2.24) is 9.78 Å². The Bertz CT molecular complexity index is 483. The molecule has 0 fully saturated rings. The molecule has 0 radical (unpaired) electrons. The van der Waals surface area contributed by atoms with Crippen molar-refractivity contribution in [1.29, 1.82) is 0 Å². The largest absolute Gasteiger partial charge is 0.265 e. The molecule has 0 saturated heterocycles. The maximum atomic E-state index is 4.37. The van der Waals surface area contributed by atoms with Crippen molar-refractivity contribution in [2.24, 2.45) is 0 Å². The summed E-state index contributed by atoms with van der Waals surface area (Å²) in [6.45, 7) is 3.08. The smallest absolute Gasteiger partial charge is 0.0720 e. The first-order valence-electron chi connectivity index (χ1n) is 5.03. The van der Waals surface area contributed by atoms with Gasteiger partial charge in [0.25, 0.3) is 0 Å². The molecule has 1 aromatic carbocycles. The minimum Gasteiger partial charge on any atom is -0.265 e. The third kappa shape index (κ3) is 0.882. The third-order valence-corrected chi connectivity index (χ3v) is 2.87. The number of fused-ring (bicyclic) bond motifs is 3. The molecule has 1 aromatic heterocycles. The second-order valence-corrected chi connectivity index (χ2v) is 3.67. The number of aromatic nitrogens is 2. The van der Waals surface area contributed by atoms with E-state index in [1.807, 2.05) is 6.20 Å². The van der Waals surface area contributed by atoms with Gasteiger partial charge in [0, 0.05) is 24.1 Å². The predicted octanol–water partition coefficient (Wildman–Crippen LogP) is 2.47. The lowest BCUT2D eigenvalue weighted by atomic mass is 10.1. The Labute approximate surface area is 83.2 Å². The minimum atomic E-state index is 0.948. The average molecular weight is 184 g/mol. The maximum Gasteiger partial charge on any atom is 0.0720 e. The fraction of sp³-hybridized carbons (Fsp3) is 0.250. The van der Waals surface area contributed by atoms with Crippen molar-refractivity contribution in [2.45, 2.75) is 19.9 Å². The van der Waals surface area contributed by atoms with Gasteiger partial charge < -0.3 is 0 Å². The van der Waals surface area contributed by atoms with Gasteiger partial charge in [0.15, 0.2) is 0 Å². The molecular weight excluding hydrogens is 172 g/mol. The molecule has 70 valence electrons. The molecule has 0 bridgehead atoms. The molecule has 1 aliphatic carbocycles. The van der Waals surface area contributed by atoms with Gasteiger partial charge in [0.05, 0.1) is 11.9 Å². The number of aryl methyl sites for hydroxylation is 1. The van der Waals surface area contributed by atoms with Gasteiger partial charge in [-0.3, -0.25) is 4.68 Å². The average Bonchev–Trinajstić information content (AvgIpc) is 2.75. The van der Waals surface area contributed by atoms with Crippen LogP contribution in [-0.4, -0.2) is 9.78 Å². The molecule has 0 spiro atoms. The molecule has 14 heavy (non-hydrogen) atoms. The summed E-state index contributed by atoms with van der Waals surface area (Å²) in [4.78, 5) is 0. The van der Waals surface area contributed by atoms with E-state index >= 15 is 0 Å². The quantitative estimate of drug-likeness (QED) is 0.568. The standard InChI is InChI=1S/C12H12N2/c1-2-14-12-10(8-13-14)7-9-5-3-4-6-11(9)12/h3-6,8H,2,7H2,1H3. The summed E-state index contributed by atoms with van der Waals surface area (Å²) in [5.41, 5.74) is 5.49. The van der Waals surface area contributed by atoms with Crippen molar-refractivity contribution in [2.75, 3.05) is 0 Å². The predicted molar refractivity (Wildman–Crippen MR) is 56.1 cm³/mol. The van der Waals surface area contributed by atoms with Crippen molar-refractivity contribution in [3.8, 4) is 11.3 Å². The summed E-state index contributed by atoms with van der Waals surface area (Å²) in [6.07, 6.45) is 3.05. The van der Waals surface area contributed by atoms with Crippen molar-refractivity contribution >= 4 is 0 Å². The van der Waals surface area contributed by atoms with E-state index in [0.29, 0.717) is 0 Å². The van der Waals surface area contributed by atoms with Crippen LogP contribution in [-0.2, 0) is 13.0 Å². The van der Waals surface area contributed by atoms with Crippen molar-refractivity contribution in [3.05, 3.63) is 41.6 Å². The number of hydrogen-bond acceptors (Lipinski definition) is 1.